The Kier molecular flexibility index (Phi) is 12.5. The highest BCUT2D eigenvalue weighted by Gasteiger charge is 2.05. The van der Waals surface area contributed by atoms with Crippen molar-refractivity contribution in [3.63, 3.8) is 0 Å². The lowest BCUT2D eigenvalue weighted by molar-refractivity contribution is -0.123. The van der Waals surface area contributed by atoms with E-state index in [1.54, 1.807) is 0 Å². The molecule has 0 spiro atoms. The second kappa shape index (κ2) is 17.3. The monoisotopic (exact) mass is 564 g/mol. The summed E-state index contributed by atoms with van der Waals surface area (Å²) in [6.45, 7) is 1.34. The molecule has 4 rings (SSSR count). The topological polar surface area (TPSA) is 76.7 Å². The summed E-state index contributed by atoms with van der Waals surface area (Å²) < 4.78 is 11.2. The minimum atomic E-state index is -0.106. The number of rotatable bonds is 17. The van der Waals surface area contributed by atoms with Gasteiger partial charge in [0.2, 0.25) is 0 Å². The summed E-state index contributed by atoms with van der Waals surface area (Å²) in [5, 5.41) is 5.85. The molecule has 218 valence electrons. The lowest BCUT2D eigenvalue weighted by Gasteiger charge is -2.09. The fourth-order valence-corrected chi connectivity index (χ4v) is 4.56. The first kappa shape index (κ1) is 30.4. The van der Waals surface area contributed by atoms with Crippen LogP contribution in [-0.2, 0) is 9.59 Å². The highest BCUT2D eigenvalue weighted by atomic mass is 16.5. The largest absolute Gasteiger partial charge is 0.484 e. The van der Waals surface area contributed by atoms with Crippen LogP contribution in [0.4, 0.5) is 0 Å². The summed E-state index contributed by atoms with van der Waals surface area (Å²) in [5.41, 5.74) is 4.53. The highest BCUT2D eigenvalue weighted by molar-refractivity contribution is 5.78. The van der Waals surface area contributed by atoms with Gasteiger partial charge in [0, 0.05) is 13.1 Å². The van der Waals surface area contributed by atoms with Gasteiger partial charge in [0.15, 0.2) is 13.2 Å². The summed E-state index contributed by atoms with van der Waals surface area (Å²) >= 11 is 0. The fraction of sp³-hybridized carbons (Fsp3) is 0.278. The molecular weight excluding hydrogens is 524 g/mol. The number of carbonyl (C=O) groups is 2. The molecule has 0 radical (unpaired) electrons. The molecule has 0 fully saturated rings. The number of amides is 2. The quantitative estimate of drug-likeness (QED) is 0.135. The Hall–Kier alpha value is -4.58. The number of unbranched alkanes of at least 4 members (excludes halogenated alkanes) is 5. The van der Waals surface area contributed by atoms with E-state index in [-0.39, 0.29) is 25.0 Å². The maximum Gasteiger partial charge on any atom is 0.257 e. The van der Waals surface area contributed by atoms with Gasteiger partial charge >= 0.3 is 0 Å². The van der Waals surface area contributed by atoms with Crippen LogP contribution in [0.25, 0.3) is 22.3 Å². The molecule has 0 aliphatic carbocycles. The zero-order chi connectivity index (χ0) is 29.2. The van der Waals surface area contributed by atoms with E-state index < -0.39 is 0 Å². The molecule has 6 heteroatoms. The molecule has 4 aromatic carbocycles. The van der Waals surface area contributed by atoms with Crippen molar-refractivity contribution in [2.45, 2.75) is 38.5 Å². The van der Waals surface area contributed by atoms with Gasteiger partial charge in [-0.3, -0.25) is 9.59 Å². The summed E-state index contributed by atoms with van der Waals surface area (Å²) in [6.07, 6.45) is 6.22. The molecule has 0 heterocycles. The number of benzene rings is 4. The van der Waals surface area contributed by atoms with Gasteiger partial charge in [-0.15, -0.1) is 0 Å². The van der Waals surface area contributed by atoms with E-state index in [0.29, 0.717) is 24.6 Å². The molecule has 4 aromatic rings. The van der Waals surface area contributed by atoms with Crippen LogP contribution in [0.3, 0.4) is 0 Å². The SMILES string of the molecule is O=C(COc1ccc(-c2ccccc2)cc1)NCCCCCCCCNC(=O)COc1ccc(-c2ccccc2)cc1. The van der Waals surface area contributed by atoms with Gasteiger partial charge in [0.25, 0.3) is 11.8 Å². The van der Waals surface area contributed by atoms with Gasteiger partial charge in [-0.1, -0.05) is 111 Å². The molecule has 0 saturated carbocycles. The second-order valence-corrected chi connectivity index (χ2v) is 10.2. The maximum atomic E-state index is 12.1. The van der Waals surface area contributed by atoms with E-state index in [1.165, 1.54) is 0 Å². The minimum Gasteiger partial charge on any atom is -0.484 e. The summed E-state index contributed by atoms with van der Waals surface area (Å²) in [6, 6.07) is 35.8. The number of hydrogen-bond donors (Lipinski definition) is 2. The molecule has 2 amide bonds. The van der Waals surface area contributed by atoms with Crippen molar-refractivity contribution in [2.24, 2.45) is 0 Å². The first-order chi connectivity index (χ1) is 20.7. The predicted octanol–water partition coefficient (Wildman–Crippen LogP) is 7.05. The Morgan fingerprint density at radius 1 is 0.429 bits per heavy atom. The lowest BCUT2D eigenvalue weighted by atomic mass is 10.1. The standard InChI is InChI=1S/C36H40N2O4/c39-35(27-41-33-21-17-31(18-22-33)29-13-7-5-8-14-29)37-25-11-3-1-2-4-12-26-38-36(40)28-42-34-23-19-32(20-24-34)30-15-9-6-10-16-30/h5-10,13-24H,1-4,11-12,25-28H2,(H,37,39)(H,38,40). The molecule has 2 N–H and O–H groups in total. The van der Waals surface area contributed by atoms with Gasteiger partial charge in [-0.25, -0.2) is 0 Å². The van der Waals surface area contributed by atoms with E-state index in [0.717, 1.165) is 60.8 Å². The molecule has 0 atom stereocenters. The van der Waals surface area contributed by atoms with Crippen molar-refractivity contribution >= 4 is 11.8 Å². The van der Waals surface area contributed by atoms with Gasteiger partial charge < -0.3 is 20.1 Å². The lowest BCUT2D eigenvalue weighted by Crippen LogP contribution is -2.29. The highest BCUT2D eigenvalue weighted by Crippen LogP contribution is 2.23. The average molecular weight is 565 g/mol. The van der Waals surface area contributed by atoms with E-state index in [1.807, 2.05) is 84.9 Å². The van der Waals surface area contributed by atoms with Crippen molar-refractivity contribution in [2.75, 3.05) is 26.3 Å². The van der Waals surface area contributed by atoms with E-state index in [2.05, 4.69) is 34.9 Å². The fourth-order valence-electron chi connectivity index (χ4n) is 4.56. The first-order valence-corrected chi connectivity index (χ1v) is 14.8. The zero-order valence-electron chi connectivity index (χ0n) is 24.1. The van der Waals surface area contributed by atoms with Crippen LogP contribution >= 0.6 is 0 Å². The van der Waals surface area contributed by atoms with Crippen molar-refractivity contribution in [3.8, 4) is 33.8 Å². The third-order valence-corrected chi connectivity index (χ3v) is 6.91. The Balaban J connectivity index is 0.954. The summed E-state index contributed by atoms with van der Waals surface area (Å²) in [7, 11) is 0. The van der Waals surface area contributed by atoms with E-state index in [4.69, 9.17) is 9.47 Å². The molecule has 0 aromatic heterocycles. The summed E-state index contributed by atoms with van der Waals surface area (Å²) in [4.78, 5) is 24.2. The second-order valence-electron chi connectivity index (χ2n) is 10.2. The molecular formula is C36H40N2O4. The number of carbonyl (C=O) groups excluding carboxylic acids is 2. The van der Waals surface area contributed by atoms with Crippen LogP contribution in [0.2, 0.25) is 0 Å². The Morgan fingerprint density at radius 2 is 0.762 bits per heavy atom. The summed E-state index contributed by atoms with van der Waals surface area (Å²) in [5.74, 6) is 1.15. The van der Waals surface area contributed by atoms with Crippen LogP contribution in [-0.4, -0.2) is 38.1 Å². The molecule has 0 aliphatic heterocycles. The van der Waals surface area contributed by atoms with Gasteiger partial charge in [0.05, 0.1) is 0 Å². The van der Waals surface area contributed by atoms with Crippen LogP contribution < -0.4 is 20.1 Å². The van der Waals surface area contributed by atoms with E-state index >= 15 is 0 Å². The Labute approximate surface area is 249 Å². The number of hydrogen-bond acceptors (Lipinski definition) is 4. The maximum absolute atomic E-state index is 12.1. The van der Waals surface area contributed by atoms with Crippen molar-refractivity contribution < 1.29 is 19.1 Å². The molecule has 0 bridgehead atoms. The van der Waals surface area contributed by atoms with Gasteiger partial charge in [-0.05, 0) is 59.4 Å². The average Bonchev–Trinajstić information content (AvgIpc) is 3.05. The first-order valence-electron chi connectivity index (χ1n) is 14.8. The van der Waals surface area contributed by atoms with E-state index in [9.17, 15) is 9.59 Å². The van der Waals surface area contributed by atoms with Gasteiger partial charge in [0.1, 0.15) is 11.5 Å². The normalized spacial score (nSPS) is 10.6. The third kappa shape index (κ3) is 10.8. The molecule has 42 heavy (non-hydrogen) atoms. The van der Waals surface area contributed by atoms with Crippen molar-refractivity contribution in [1.82, 2.24) is 10.6 Å². The van der Waals surface area contributed by atoms with Crippen molar-refractivity contribution in [3.05, 3.63) is 109 Å². The molecule has 0 unspecified atom stereocenters. The Bertz CT molecular complexity index is 1230. The smallest absolute Gasteiger partial charge is 0.257 e. The predicted molar refractivity (Wildman–Crippen MR) is 168 cm³/mol. The van der Waals surface area contributed by atoms with Crippen molar-refractivity contribution in [1.29, 1.82) is 0 Å². The molecule has 0 saturated heterocycles. The van der Waals surface area contributed by atoms with Crippen LogP contribution in [0.1, 0.15) is 38.5 Å². The Morgan fingerprint density at radius 3 is 1.14 bits per heavy atom. The van der Waals surface area contributed by atoms with Gasteiger partial charge in [-0.2, -0.15) is 0 Å². The van der Waals surface area contributed by atoms with Crippen LogP contribution in [0.5, 0.6) is 11.5 Å². The van der Waals surface area contributed by atoms with Crippen LogP contribution in [0.15, 0.2) is 109 Å². The number of nitrogens with one attached hydrogen (secondary N) is 2. The van der Waals surface area contributed by atoms with Crippen LogP contribution in [0, 0.1) is 0 Å². The molecule has 6 nitrogen and oxygen atoms in total. The number of ether oxygens (including phenoxy) is 2. The molecule has 0 aliphatic rings. The minimum absolute atomic E-state index is 0.0159. The third-order valence-electron chi connectivity index (χ3n) is 6.91. The zero-order valence-corrected chi connectivity index (χ0v) is 24.1.